The number of nitrogens with zero attached hydrogens (tertiary/aromatic N) is 2. The number of pyridine rings is 1. The molecule has 0 aliphatic heterocycles. The minimum Gasteiger partial charge on any atom is -0.360 e. The molecule has 0 fully saturated rings. The molecule has 142 valence electrons. The number of carbonyl (C=O) groups excluding carboxylic acids is 1. The second-order valence-corrected chi connectivity index (χ2v) is 7.10. The van der Waals surface area contributed by atoms with Gasteiger partial charge in [0.25, 0.3) is 5.91 Å². The molecule has 0 radical (unpaired) electrons. The van der Waals surface area contributed by atoms with Crippen molar-refractivity contribution in [1.82, 2.24) is 14.9 Å². The Kier molecular flexibility index (Phi) is 7.03. The van der Waals surface area contributed by atoms with Gasteiger partial charge in [0, 0.05) is 42.6 Å². The van der Waals surface area contributed by atoms with Crippen molar-refractivity contribution < 1.29 is 4.79 Å². The summed E-state index contributed by atoms with van der Waals surface area (Å²) >= 11 is 0. The number of aromatic nitrogens is 2. The Labute approximate surface area is 161 Å². The second-order valence-electron chi connectivity index (χ2n) is 7.10. The molecule has 0 aliphatic rings. The molecule has 1 N–H and O–H groups in total. The fraction of sp³-hybridized carbons (Fsp3) is 0.391. The van der Waals surface area contributed by atoms with Gasteiger partial charge < -0.3 is 9.88 Å². The predicted molar refractivity (Wildman–Crippen MR) is 111 cm³/mol. The lowest BCUT2D eigenvalue weighted by molar-refractivity contribution is 0.0741. The molecule has 0 bridgehead atoms. The Morgan fingerprint density at radius 2 is 1.85 bits per heavy atom. The molecule has 4 heteroatoms. The zero-order valence-corrected chi connectivity index (χ0v) is 16.2. The average Bonchev–Trinajstić information content (AvgIpc) is 3.14. The van der Waals surface area contributed by atoms with E-state index in [2.05, 4.69) is 16.9 Å². The maximum absolute atomic E-state index is 13.3. The molecular weight excluding hydrogens is 334 g/mol. The number of hydrogen-bond acceptors (Lipinski definition) is 2. The lowest BCUT2D eigenvalue weighted by atomic mass is 10.1. The van der Waals surface area contributed by atoms with Gasteiger partial charge in [-0.05, 0) is 24.1 Å². The molecule has 0 spiro atoms. The number of unbranched alkanes of at least 4 members (excludes halogenated alkanes) is 5. The number of H-pyrrole nitrogens is 1. The molecule has 2 heterocycles. The van der Waals surface area contributed by atoms with E-state index in [9.17, 15) is 4.79 Å². The first-order valence-electron chi connectivity index (χ1n) is 10.0. The zero-order chi connectivity index (χ0) is 18.9. The number of fused-ring (bicyclic) bond motifs is 1. The summed E-state index contributed by atoms with van der Waals surface area (Å²) in [5.41, 5.74) is 2.82. The van der Waals surface area contributed by atoms with E-state index < -0.39 is 0 Å². The number of hydrogen-bond donors (Lipinski definition) is 1. The third-order valence-electron chi connectivity index (χ3n) is 4.98. The minimum absolute atomic E-state index is 0.0878. The molecule has 27 heavy (non-hydrogen) atoms. The topological polar surface area (TPSA) is 49.0 Å². The summed E-state index contributed by atoms with van der Waals surface area (Å²) in [6, 6.07) is 11.9. The maximum atomic E-state index is 13.3. The number of carbonyl (C=O) groups is 1. The normalized spacial score (nSPS) is 11.0. The van der Waals surface area contributed by atoms with Crippen molar-refractivity contribution in [3.05, 3.63) is 66.1 Å². The Morgan fingerprint density at radius 3 is 2.67 bits per heavy atom. The Morgan fingerprint density at radius 1 is 1.04 bits per heavy atom. The largest absolute Gasteiger partial charge is 0.360 e. The third kappa shape index (κ3) is 5.19. The van der Waals surface area contributed by atoms with Gasteiger partial charge in [0.15, 0.2) is 0 Å². The molecule has 3 rings (SSSR count). The van der Waals surface area contributed by atoms with Gasteiger partial charge in [-0.3, -0.25) is 9.78 Å². The summed E-state index contributed by atoms with van der Waals surface area (Å²) in [5.74, 6) is 0.0878. The third-order valence-corrected chi connectivity index (χ3v) is 4.98. The van der Waals surface area contributed by atoms with Crippen molar-refractivity contribution in [2.45, 2.75) is 52.0 Å². The number of para-hydroxylation sites is 1. The highest BCUT2D eigenvalue weighted by Crippen LogP contribution is 2.21. The van der Waals surface area contributed by atoms with Gasteiger partial charge in [0.05, 0.1) is 5.56 Å². The zero-order valence-electron chi connectivity index (χ0n) is 16.2. The molecule has 0 saturated carbocycles. The van der Waals surface area contributed by atoms with Crippen LogP contribution in [-0.2, 0) is 6.54 Å². The Balaban J connectivity index is 1.71. The molecule has 0 saturated heterocycles. The van der Waals surface area contributed by atoms with E-state index >= 15 is 0 Å². The van der Waals surface area contributed by atoms with E-state index in [4.69, 9.17) is 0 Å². The number of nitrogens with one attached hydrogen (secondary N) is 1. The van der Waals surface area contributed by atoms with Crippen molar-refractivity contribution in [2.75, 3.05) is 6.54 Å². The summed E-state index contributed by atoms with van der Waals surface area (Å²) in [4.78, 5) is 22.7. The highest BCUT2D eigenvalue weighted by Gasteiger charge is 2.19. The van der Waals surface area contributed by atoms with Crippen molar-refractivity contribution >= 4 is 16.8 Å². The summed E-state index contributed by atoms with van der Waals surface area (Å²) in [6.07, 6.45) is 12.7. The molecule has 3 aromatic rings. The summed E-state index contributed by atoms with van der Waals surface area (Å²) in [6.45, 7) is 3.61. The molecule has 2 aromatic heterocycles. The van der Waals surface area contributed by atoms with Crippen LogP contribution >= 0.6 is 0 Å². The van der Waals surface area contributed by atoms with Crippen LogP contribution in [0.2, 0.25) is 0 Å². The van der Waals surface area contributed by atoms with Gasteiger partial charge in [0.1, 0.15) is 0 Å². The van der Waals surface area contributed by atoms with E-state index in [0.29, 0.717) is 6.54 Å². The summed E-state index contributed by atoms with van der Waals surface area (Å²) in [7, 11) is 0. The predicted octanol–water partition coefficient (Wildman–Crippen LogP) is 5.57. The van der Waals surface area contributed by atoms with Gasteiger partial charge in [-0.15, -0.1) is 0 Å². The smallest absolute Gasteiger partial charge is 0.256 e. The molecule has 0 unspecified atom stereocenters. The van der Waals surface area contributed by atoms with Crippen molar-refractivity contribution in [2.24, 2.45) is 0 Å². The monoisotopic (exact) mass is 363 g/mol. The molecule has 1 amide bonds. The van der Waals surface area contributed by atoms with E-state index in [0.717, 1.165) is 35.0 Å². The second kappa shape index (κ2) is 9.91. The number of aromatic amines is 1. The van der Waals surface area contributed by atoms with Crippen LogP contribution in [0.1, 0.15) is 61.4 Å². The van der Waals surface area contributed by atoms with Crippen LogP contribution in [0.5, 0.6) is 0 Å². The van der Waals surface area contributed by atoms with E-state index in [-0.39, 0.29) is 5.91 Å². The number of benzene rings is 1. The summed E-state index contributed by atoms with van der Waals surface area (Å²) in [5, 5.41) is 0.988. The fourth-order valence-electron chi connectivity index (χ4n) is 3.47. The van der Waals surface area contributed by atoms with Gasteiger partial charge in [-0.25, -0.2) is 0 Å². The Hall–Kier alpha value is -2.62. The average molecular weight is 364 g/mol. The van der Waals surface area contributed by atoms with Crippen LogP contribution in [0.25, 0.3) is 10.9 Å². The van der Waals surface area contributed by atoms with Gasteiger partial charge in [-0.2, -0.15) is 0 Å². The summed E-state index contributed by atoms with van der Waals surface area (Å²) < 4.78 is 0. The molecule has 4 nitrogen and oxygen atoms in total. The highest BCUT2D eigenvalue weighted by molar-refractivity contribution is 6.06. The minimum atomic E-state index is 0.0878. The lowest BCUT2D eigenvalue weighted by Gasteiger charge is -2.22. The van der Waals surface area contributed by atoms with Crippen LogP contribution in [0.15, 0.2) is 55.0 Å². The van der Waals surface area contributed by atoms with Crippen molar-refractivity contribution in [3.63, 3.8) is 0 Å². The van der Waals surface area contributed by atoms with Crippen LogP contribution < -0.4 is 0 Å². The van der Waals surface area contributed by atoms with E-state index in [1.54, 1.807) is 6.20 Å². The number of rotatable bonds is 10. The van der Waals surface area contributed by atoms with Crippen molar-refractivity contribution in [1.29, 1.82) is 0 Å². The van der Waals surface area contributed by atoms with Crippen molar-refractivity contribution in [3.8, 4) is 0 Å². The first-order chi connectivity index (χ1) is 13.3. The lowest BCUT2D eigenvalue weighted by Crippen LogP contribution is -2.31. The quantitative estimate of drug-likeness (QED) is 0.479. The van der Waals surface area contributed by atoms with Crippen LogP contribution in [-0.4, -0.2) is 27.3 Å². The SMILES string of the molecule is CCCCCCCCN(Cc1cccnc1)C(=O)c1c[nH]c2ccccc12. The maximum Gasteiger partial charge on any atom is 0.256 e. The van der Waals surface area contributed by atoms with Gasteiger partial charge in [0.2, 0.25) is 0 Å². The Bertz CT molecular complexity index is 841. The first-order valence-corrected chi connectivity index (χ1v) is 10.0. The molecule has 1 aromatic carbocycles. The van der Waals surface area contributed by atoms with Crippen LogP contribution in [0, 0.1) is 0 Å². The van der Waals surface area contributed by atoms with E-state index in [1.165, 1.54) is 32.1 Å². The van der Waals surface area contributed by atoms with Crippen LogP contribution in [0.3, 0.4) is 0 Å². The van der Waals surface area contributed by atoms with Gasteiger partial charge in [-0.1, -0.05) is 63.3 Å². The fourth-order valence-corrected chi connectivity index (χ4v) is 3.47. The standard InChI is InChI=1S/C23H29N3O/c1-2-3-4-5-6-9-15-26(18-19-11-10-14-24-16-19)23(27)21-17-25-22-13-8-7-12-20(21)22/h7-8,10-14,16-17,25H,2-6,9,15,18H2,1H3. The first kappa shape index (κ1) is 19.2. The highest BCUT2D eigenvalue weighted by atomic mass is 16.2. The number of amides is 1. The van der Waals surface area contributed by atoms with Gasteiger partial charge >= 0.3 is 0 Å². The molecule has 0 aliphatic carbocycles. The molecule has 0 atom stereocenters. The molecular formula is C23H29N3O. The van der Waals surface area contributed by atoms with Crippen LogP contribution in [0.4, 0.5) is 0 Å². The van der Waals surface area contributed by atoms with E-state index in [1.807, 2.05) is 53.7 Å².